The topological polar surface area (TPSA) is 49.8 Å². The average molecular weight is 112 g/mol. The van der Waals surface area contributed by atoms with Gasteiger partial charge in [-0.1, -0.05) is 13.8 Å². The van der Waals surface area contributed by atoms with Crippen LogP contribution < -0.4 is 5.73 Å². The van der Waals surface area contributed by atoms with Crippen molar-refractivity contribution in [2.24, 2.45) is 11.7 Å². The first kappa shape index (κ1) is 7.45. The predicted octanol–water partition coefficient (Wildman–Crippen LogP) is 0.883. The molecule has 2 N–H and O–H groups in total. The highest BCUT2D eigenvalue weighted by atomic mass is 14.6. The fourth-order valence-electron chi connectivity index (χ4n) is 0.561. The van der Waals surface area contributed by atoms with E-state index in [1.165, 1.54) is 0 Å². The van der Waals surface area contributed by atoms with E-state index in [1.807, 2.05) is 6.07 Å². The predicted molar refractivity (Wildman–Crippen MR) is 33.0 cm³/mol. The third kappa shape index (κ3) is 3.63. The Morgan fingerprint density at radius 1 is 1.62 bits per heavy atom. The Bertz CT molecular complexity index is 91.2. The molecule has 0 rings (SSSR count). The van der Waals surface area contributed by atoms with E-state index in [0.29, 0.717) is 5.92 Å². The standard InChI is InChI=1S/C6H12N2/c1-5(2)3-6(8)4-7/h5-6H,3,8H2,1-2H3/t6-/m1/s1. The molecule has 0 aromatic heterocycles. The molecule has 0 aliphatic heterocycles. The molecule has 0 bridgehead atoms. The van der Waals surface area contributed by atoms with Crippen LogP contribution in [0.15, 0.2) is 0 Å². The van der Waals surface area contributed by atoms with Crippen LogP contribution >= 0.6 is 0 Å². The van der Waals surface area contributed by atoms with Crippen LogP contribution in [0.2, 0.25) is 0 Å². The summed E-state index contributed by atoms with van der Waals surface area (Å²) < 4.78 is 0. The maximum absolute atomic E-state index is 8.21. The summed E-state index contributed by atoms with van der Waals surface area (Å²) in [4.78, 5) is 0. The van der Waals surface area contributed by atoms with Crippen LogP contribution in [0, 0.1) is 17.2 Å². The van der Waals surface area contributed by atoms with Crippen molar-refractivity contribution < 1.29 is 0 Å². The van der Waals surface area contributed by atoms with E-state index in [0.717, 1.165) is 6.42 Å². The summed E-state index contributed by atoms with van der Waals surface area (Å²) in [7, 11) is 0. The zero-order valence-corrected chi connectivity index (χ0v) is 5.39. The van der Waals surface area contributed by atoms with Gasteiger partial charge in [0, 0.05) is 0 Å². The molecular formula is C6H12N2. The summed E-state index contributed by atoms with van der Waals surface area (Å²) in [5.74, 6) is 0.532. The van der Waals surface area contributed by atoms with Crippen molar-refractivity contribution in [1.29, 1.82) is 5.26 Å². The molecule has 0 amide bonds. The molecule has 2 nitrogen and oxygen atoms in total. The van der Waals surface area contributed by atoms with Gasteiger partial charge in [-0.05, 0) is 12.3 Å². The second-order valence-corrected chi connectivity index (χ2v) is 2.37. The van der Waals surface area contributed by atoms with E-state index in [4.69, 9.17) is 11.0 Å². The minimum absolute atomic E-state index is 0.269. The van der Waals surface area contributed by atoms with Gasteiger partial charge in [-0.15, -0.1) is 0 Å². The first-order valence-corrected chi connectivity index (χ1v) is 2.82. The van der Waals surface area contributed by atoms with Crippen LogP contribution in [0.5, 0.6) is 0 Å². The van der Waals surface area contributed by atoms with Gasteiger partial charge in [-0.2, -0.15) is 5.26 Å². The molecule has 0 unspecified atom stereocenters. The lowest BCUT2D eigenvalue weighted by molar-refractivity contribution is 0.551. The van der Waals surface area contributed by atoms with Crippen molar-refractivity contribution >= 4 is 0 Å². The van der Waals surface area contributed by atoms with Crippen LogP contribution in [0.1, 0.15) is 20.3 Å². The highest BCUT2D eigenvalue weighted by Crippen LogP contribution is 2.00. The Labute approximate surface area is 50.3 Å². The van der Waals surface area contributed by atoms with Crippen molar-refractivity contribution in [2.45, 2.75) is 26.3 Å². The molecule has 0 fully saturated rings. The average Bonchev–Trinajstić information content (AvgIpc) is 1.65. The SMILES string of the molecule is CC(C)C[C@@H](N)C#N. The second-order valence-electron chi connectivity index (χ2n) is 2.37. The van der Waals surface area contributed by atoms with Gasteiger partial charge in [0.25, 0.3) is 0 Å². The monoisotopic (exact) mass is 112 g/mol. The summed E-state index contributed by atoms with van der Waals surface area (Å²) >= 11 is 0. The number of nitriles is 1. The molecular weight excluding hydrogens is 100 g/mol. The van der Waals surface area contributed by atoms with Gasteiger partial charge in [-0.25, -0.2) is 0 Å². The Morgan fingerprint density at radius 2 is 2.12 bits per heavy atom. The van der Waals surface area contributed by atoms with Crippen LogP contribution in [-0.4, -0.2) is 6.04 Å². The van der Waals surface area contributed by atoms with E-state index >= 15 is 0 Å². The van der Waals surface area contributed by atoms with Gasteiger partial charge in [0.15, 0.2) is 0 Å². The number of hydrogen-bond donors (Lipinski definition) is 1. The van der Waals surface area contributed by atoms with Crippen molar-refractivity contribution in [2.75, 3.05) is 0 Å². The van der Waals surface area contributed by atoms with Gasteiger partial charge in [0.2, 0.25) is 0 Å². The van der Waals surface area contributed by atoms with E-state index in [-0.39, 0.29) is 6.04 Å². The zero-order chi connectivity index (χ0) is 6.57. The maximum atomic E-state index is 8.21. The van der Waals surface area contributed by atoms with E-state index in [2.05, 4.69) is 13.8 Å². The molecule has 46 valence electrons. The number of hydrogen-bond acceptors (Lipinski definition) is 2. The Morgan fingerprint density at radius 3 is 2.25 bits per heavy atom. The largest absolute Gasteiger partial charge is 0.316 e. The van der Waals surface area contributed by atoms with Gasteiger partial charge in [-0.3, -0.25) is 0 Å². The van der Waals surface area contributed by atoms with Gasteiger partial charge >= 0.3 is 0 Å². The molecule has 8 heavy (non-hydrogen) atoms. The maximum Gasteiger partial charge on any atom is 0.0930 e. The van der Waals surface area contributed by atoms with Crippen LogP contribution in [-0.2, 0) is 0 Å². The van der Waals surface area contributed by atoms with Crippen LogP contribution in [0.25, 0.3) is 0 Å². The lowest BCUT2D eigenvalue weighted by Gasteiger charge is -2.03. The van der Waals surface area contributed by atoms with E-state index < -0.39 is 0 Å². The quantitative estimate of drug-likeness (QED) is 0.576. The molecule has 0 saturated heterocycles. The lowest BCUT2D eigenvalue weighted by atomic mass is 10.1. The van der Waals surface area contributed by atoms with Crippen molar-refractivity contribution in [3.8, 4) is 6.07 Å². The summed E-state index contributed by atoms with van der Waals surface area (Å²) in [5.41, 5.74) is 5.31. The number of nitrogens with two attached hydrogens (primary N) is 1. The highest BCUT2D eigenvalue weighted by Gasteiger charge is 2.01. The lowest BCUT2D eigenvalue weighted by Crippen LogP contribution is -2.19. The van der Waals surface area contributed by atoms with Gasteiger partial charge in [0.1, 0.15) is 0 Å². The zero-order valence-electron chi connectivity index (χ0n) is 5.39. The minimum Gasteiger partial charge on any atom is -0.316 e. The first-order chi connectivity index (χ1) is 3.66. The number of nitrogens with zero attached hydrogens (tertiary/aromatic N) is 1. The third-order valence-corrected chi connectivity index (χ3v) is 0.891. The molecule has 0 aromatic carbocycles. The van der Waals surface area contributed by atoms with E-state index in [1.54, 1.807) is 0 Å². The molecule has 0 radical (unpaired) electrons. The molecule has 0 aromatic rings. The smallest absolute Gasteiger partial charge is 0.0930 e. The summed E-state index contributed by atoms with van der Waals surface area (Å²) in [5, 5.41) is 8.21. The fourth-order valence-corrected chi connectivity index (χ4v) is 0.561. The molecule has 0 aliphatic carbocycles. The van der Waals surface area contributed by atoms with Crippen LogP contribution in [0.4, 0.5) is 0 Å². The van der Waals surface area contributed by atoms with E-state index in [9.17, 15) is 0 Å². The Balaban J connectivity index is 3.28. The summed E-state index contributed by atoms with van der Waals surface area (Å²) in [6.45, 7) is 4.11. The summed E-state index contributed by atoms with van der Waals surface area (Å²) in [6.07, 6.45) is 0.802. The first-order valence-electron chi connectivity index (χ1n) is 2.82. The third-order valence-electron chi connectivity index (χ3n) is 0.891. The Hall–Kier alpha value is -0.550. The minimum atomic E-state index is -0.269. The van der Waals surface area contributed by atoms with Gasteiger partial charge < -0.3 is 5.73 Å². The molecule has 0 heterocycles. The molecule has 0 spiro atoms. The normalized spacial score (nSPS) is 13.4. The van der Waals surface area contributed by atoms with Gasteiger partial charge in [0.05, 0.1) is 12.1 Å². The molecule has 0 aliphatic rings. The second kappa shape index (κ2) is 3.45. The molecule has 1 atom stereocenters. The number of rotatable bonds is 2. The highest BCUT2D eigenvalue weighted by molar-refractivity contribution is 4.86. The molecule has 2 heteroatoms. The fraction of sp³-hybridized carbons (Fsp3) is 0.833. The van der Waals surface area contributed by atoms with Crippen LogP contribution in [0.3, 0.4) is 0 Å². The molecule has 0 saturated carbocycles. The van der Waals surface area contributed by atoms with Crippen molar-refractivity contribution in [3.05, 3.63) is 0 Å². The van der Waals surface area contributed by atoms with Crippen molar-refractivity contribution in [1.82, 2.24) is 0 Å². The summed E-state index contributed by atoms with van der Waals surface area (Å²) in [6, 6.07) is 1.71. The van der Waals surface area contributed by atoms with Crippen molar-refractivity contribution in [3.63, 3.8) is 0 Å². The Kier molecular flexibility index (Phi) is 3.21.